The highest BCUT2D eigenvalue weighted by atomic mass is 16.5. The Morgan fingerprint density at radius 3 is 3.17 bits per heavy atom. The number of hydrogen-bond donors (Lipinski definition) is 1. The maximum atomic E-state index is 12.3. The molecule has 3 heterocycles. The summed E-state index contributed by atoms with van der Waals surface area (Å²) >= 11 is 0. The van der Waals surface area contributed by atoms with Crippen LogP contribution in [-0.4, -0.2) is 66.7 Å². The van der Waals surface area contributed by atoms with E-state index in [9.17, 15) is 4.79 Å². The number of benzene rings is 1. The number of fused-ring (bicyclic) bond motifs is 2. The summed E-state index contributed by atoms with van der Waals surface area (Å²) in [6.45, 7) is 4.03. The number of rotatable bonds is 3. The van der Waals surface area contributed by atoms with E-state index < -0.39 is 0 Å². The normalized spacial score (nSPS) is 22.4. The van der Waals surface area contributed by atoms with Gasteiger partial charge in [-0.25, -0.2) is 0 Å². The third-order valence-electron chi connectivity index (χ3n) is 4.74. The number of aromatic amines is 1. The number of aromatic nitrogens is 1. The van der Waals surface area contributed by atoms with Crippen molar-refractivity contribution in [2.75, 3.05) is 40.0 Å². The molecule has 2 saturated heterocycles. The van der Waals surface area contributed by atoms with Crippen molar-refractivity contribution < 1.29 is 14.3 Å². The second-order valence-corrected chi connectivity index (χ2v) is 6.18. The fraction of sp³-hybridized carbons (Fsp3) is 0.471. The van der Waals surface area contributed by atoms with Crippen molar-refractivity contribution in [3.8, 4) is 5.75 Å². The minimum absolute atomic E-state index is 0.173. The summed E-state index contributed by atoms with van der Waals surface area (Å²) in [5.41, 5.74) is 2.17. The van der Waals surface area contributed by atoms with E-state index in [2.05, 4.69) is 22.0 Å². The van der Waals surface area contributed by atoms with Crippen molar-refractivity contribution in [3.05, 3.63) is 30.0 Å². The number of nitrogens with one attached hydrogen (secondary N) is 1. The molecule has 6 nitrogen and oxygen atoms in total. The largest absolute Gasteiger partial charge is 0.496 e. The van der Waals surface area contributed by atoms with E-state index in [1.807, 2.05) is 17.2 Å². The highest BCUT2D eigenvalue weighted by Crippen LogP contribution is 2.30. The first kappa shape index (κ1) is 14.5. The van der Waals surface area contributed by atoms with E-state index in [1.54, 1.807) is 7.11 Å². The van der Waals surface area contributed by atoms with E-state index in [0.29, 0.717) is 26.3 Å². The molecule has 0 aliphatic carbocycles. The summed E-state index contributed by atoms with van der Waals surface area (Å²) in [6, 6.07) is 6.34. The Hall–Kier alpha value is -2.05. The van der Waals surface area contributed by atoms with Crippen LogP contribution >= 0.6 is 0 Å². The zero-order valence-corrected chi connectivity index (χ0v) is 13.2. The smallest absolute Gasteiger partial charge is 0.237 e. The molecule has 4 rings (SSSR count). The molecular weight excluding hydrogens is 294 g/mol. The lowest BCUT2D eigenvalue weighted by Gasteiger charge is -2.43. The summed E-state index contributed by atoms with van der Waals surface area (Å²) in [5, 5.41) is 1.08. The van der Waals surface area contributed by atoms with E-state index in [-0.39, 0.29) is 11.9 Å². The predicted octanol–water partition coefficient (Wildman–Crippen LogP) is 1.22. The summed E-state index contributed by atoms with van der Waals surface area (Å²) < 4.78 is 11.2. The number of H-pyrrole nitrogens is 1. The Labute approximate surface area is 135 Å². The average Bonchev–Trinajstić information content (AvgIpc) is 3.03. The minimum atomic E-state index is 0.173. The van der Waals surface area contributed by atoms with Gasteiger partial charge >= 0.3 is 0 Å². The van der Waals surface area contributed by atoms with Gasteiger partial charge in [-0.2, -0.15) is 0 Å². The summed E-state index contributed by atoms with van der Waals surface area (Å²) in [5.74, 6) is 1.09. The van der Waals surface area contributed by atoms with Gasteiger partial charge in [0, 0.05) is 42.3 Å². The van der Waals surface area contributed by atoms with Crippen LogP contribution in [0.1, 0.15) is 5.56 Å². The molecule has 2 aliphatic heterocycles. The van der Waals surface area contributed by atoms with Gasteiger partial charge in [0.2, 0.25) is 5.91 Å². The first-order chi connectivity index (χ1) is 11.3. The molecule has 1 atom stereocenters. The zero-order chi connectivity index (χ0) is 15.8. The van der Waals surface area contributed by atoms with Crippen LogP contribution < -0.4 is 4.74 Å². The first-order valence-corrected chi connectivity index (χ1v) is 7.99. The molecule has 1 aromatic carbocycles. The molecular formula is C17H21N3O3. The second kappa shape index (κ2) is 5.86. The van der Waals surface area contributed by atoms with Crippen LogP contribution in [-0.2, 0) is 16.1 Å². The van der Waals surface area contributed by atoms with E-state index in [0.717, 1.165) is 35.3 Å². The number of hydrogen-bond acceptors (Lipinski definition) is 4. The molecule has 122 valence electrons. The molecule has 1 amide bonds. The molecule has 0 bridgehead atoms. The van der Waals surface area contributed by atoms with Gasteiger partial charge < -0.3 is 19.4 Å². The van der Waals surface area contributed by atoms with Crippen LogP contribution in [0.5, 0.6) is 5.75 Å². The lowest BCUT2D eigenvalue weighted by molar-refractivity contribution is -0.148. The summed E-state index contributed by atoms with van der Waals surface area (Å²) in [4.78, 5) is 19.7. The number of amides is 1. The first-order valence-electron chi connectivity index (χ1n) is 7.99. The van der Waals surface area contributed by atoms with Crippen molar-refractivity contribution in [2.24, 2.45) is 0 Å². The fourth-order valence-corrected chi connectivity index (χ4v) is 3.66. The monoisotopic (exact) mass is 315 g/mol. The SMILES string of the molecule is COc1c(CN2CC(=O)N3CCOCC3C2)ccc2[nH]ccc12. The van der Waals surface area contributed by atoms with Gasteiger partial charge in [-0.05, 0) is 12.1 Å². The summed E-state index contributed by atoms with van der Waals surface area (Å²) in [7, 11) is 1.70. The molecule has 23 heavy (non-hydrogen) atoms. The Balaban J connectivity index is 1.57. The number of carbonyl (C=O) groups is 1. The third kappa shape index (κ3) is 2.58. The van der Waals surface area contributed by atoms with Gasteiger partial charge in [-0.3, -0.25) is 9.69 Å². The molecule has 1 N–H and O–H groups in total. The molecule has 0 saturated carbocycles. The maximum absolute atomic E-state index is 12.3. The van der Waals surface area contributed by atoms with Crippen molar-refractivity contribution >= 4 is 16.8 Å². The van der Waals surface area contributed by atoms with E-state index in [4.69, 9.17) is 9.47 Å². The van der Waals surface area contributed by atoms with E-state index >= 15 is 0 Å². The fourth-order valence-electron chi connectivity index (χ4n) is 3.66. The topological polar surface area (TPSA) is 57.8 Å². The Morgan fingerprint density at radius 1 is 1.39 bits per heavy atom. The van der Waals surface area contributed by atoms with Crippen LogP contribution in [0.25, 0.3) is 10.9 Å². The lowest BCUT2D eigenvalue weighted by atomic mass is 10.1. The molecule has 0 spiro atoms. The van der Waals surface area contributed by atoms with Gasteiger partial charge in [0.15, 0.2) is 0 Å². The van der Waals surface area contributed by atoms with Gasteiger partial charge in [-0.15, -0.1) is 0 Å². The predicted molar refractivity (Wildman–Crippen MR) is 86.4 cm³/mol. The van der Waals surface area contributed by atoms with Crippen molar-refractivity contribution in [1.29, 1.82) is 0 Å². The van der Waals surface area contributed by atoms with Gasteiger partial charge in [0.25, 0.3) is 0 Å². The number of nitrogens with zero attached hydrogens (tertiary/aromatic N) is 2. The number of piperazine rings is 1. The molecule has 1 aromatic heterocycles. The van der Waals surface area contributed by atoms with Crippen LogP contribution in [0.4, 0.5) is 0 Å². The number of ether oxygens (including phenoxy) is 2. The molecule has 1 unspecified atom stereocenters. The van der Waals surface area contributed by atoms with Crippen molar-refractivity contribution in [3.63, 3.8) is 0 Å². The lowest BCUT2D eigenvalue weighted by Crippen LogP contribution is -2.60. The van der Waals surface area contributed by atoms with Crippen molar-refractivity contribution in [1.82, 2.24) is 14.8 Å². The highest BCUT2D eigenvalue weighted by Gasteiger charge is 2.34. The minimum Gasteiger partial charge on any atom is -0.496 e. The molecule has 2 aliphatic rings. The van der Waals surface area contributed by atoms with E-state index in [1.165, 1.54) is 0 Å². The highest BCUT2D eigenvalue weighted by molar-refractivity contribution is 5.87. The quantitative estimate of drug-likeness (QED) is 0.925. The number of methoxy groups -OCH3 is 1. The van der Waals surface area contributed by atoms with Crippen LogP contribution in [0, 0.1) is 0 Å². The zero-order valence-electron chi connectivity index (χ0n) is 13.2. The molecule has 0 radical (unpaired) electrons. The average molecular weight is 315 g/mol. The van der Waals surface area contributed by atoms with Crippen LogP contribution in [0.3, 0.4) is 0 Å². The van der Waals surface area contributed by atoms with Gasteiger partial charge in [0.05, 0.1) is 32.9 Å². The Bertz CT molecular complexity index is 727. The standard InChI is InChI=1S/C17H21N3O3/c1-22-17-12(2-3-15-14(17)4-5-18-15)8-19-9-13-11-23-7-6-20(13)16(21)10-19/h2-5,13,18H,6-11H2,1H3. The van der Waals surface area contributed by atoms with Gasteiger partial charge in [0.1, 0.15) is 5.75 Å². The number of morpholine rings is 1. The third-order valence-corrected chi connectivity index (χ3v) is 4.74. The van der Waals surface area contributed by atoms with Crippen molar-refractivity contribution in [2.45, 2.75) is 12.6 Å². The Kier molecular flexibility index (Phi) is 3.71. The molecule has 6 heteroatoms. The van der Waals surface area contributed by atoms with Crippen LogP contribution in [0.2, 0.25) is 0 Å². The molecule has 2 fully saturated rings. The number of carbonyl (C=O) groups excluding carboxylic acids is 1. The summed E-state index contributed by atoms with van der Waals surface area (Å²) in [6.07, 6.45) is 1.92. The Morgan fingerprint density at radius 2 is 2.30 bits per heavy atom. The molecule has 2 aromatic rings. The second-order valence-electron chi connectivity index (χ2n) is 6.18. The maximum Gasteiger partial charge on any atom is 0.237 e. The van der Waals surface area contributed by atoms with Crippen LogP contribution in [0.15, 0.2) is 24.4 Å². The van der Waals surface area contributed by atoms with Gasteiger partial charge in [-0.1, -0.05) is 6.07 Å².